The molecule has 0 aliphatic carbocycles. The Labute approximate surface area is 120 Å². The second kappa shape index (κ2) is 6.03. The van der Waals surface area contributed by atoms with Crippen molar-refractivity contribution < 1.29 is 18.7 Å². The van der Waals surface area contributed by atoms with Crippen LogP contribution < -0.4 is 10.6 Å². The lowest BCUT2D eigenvalue weighted by atomic mass is 10.1. The number of β-amino-alcohol motifs (C(OH)–C–C–N with tert-alkyl or cyclic N) is 1. The summed E-state index contributed by atoms with van der Waals surface area (Å²) in [7, 11) is 0. The highest BCUT2D eigenvalue weighted by Crippen LogP contribution is 2.29. The van der Waals surface area contributed by atoms with Crippen LogP contribution in [0.15, 0.2) is 24.3 Å². The topological polar surface area (TPSA) is 61.4 Å². The second-order valence-electron chi connectivity index (χ2n) is 4.78. The number of benzene rings is 1. The Morgan fingerprint density at radius 2 is 2.25 bits per heavy atom. The number of rotatable bonds is 4. The van der Waals surface area contributed by atoms with E-state index in [1.165, 1.54) is 12.1 Å². The van der Waals surface area contributed by atoms with Gasteiger partial charge in [-0.05, 0) is 12.1 Å². The Balaban J connectivity index is 2.00. The van der Waals surface area contributed by atoms with Gasteiger partial charge < -0.3 is 15.7 Å². The minimum Gasteiger partial charge on any atom is -0.391 e. The Bertz CT molecular complexity index is 499. The maximum absolute atomic E-state index is 14.0. The van der Waals surface area contributed by atoms with Crippen LogP contribution in [0, 0.1) is 5.92 Å². The summed E-state index contributed by atoms with van der Waals surface area (Å²) in [6, 6.07) is 5.04. The highest BCUT2D eigenvalue weighted by atomic mass is 35.5. The fourth-order valence-corrected chi connectivity index (χ4v) is 2.27. The largest absolute Gasteiger partial charge is 0.391 e. The molecule has 0 aromatic heterocycles. The first-order chi connectivity index (χ1) is 9.41. The van der Waals surface area contributed by atoms with Crippen molar-refractivity contribution in [3.05, 3.63) is 34.9 Å². The third-order valence-electron chi connectivity index (χ3n) is 3.30. The van der Waals surface area contributed by atoms with Crippen molar-refractivity contribution in [1.82, 2.24) is 10.6 Å². The first-order valence-corrected chi connectivity index (χ1v) is 6.60. The molecule has 20 heavy (non-hydrogen) atoms. The normalized spacial score (nSPS) is 22.8. The van der Waals surface area contributed by atoms with Crippen LogP contribution in [-0.4, -0.2) is 36.8 Å². The molecule has 1 fully saturated rings. The van der Waals surface area contributed by atoms with Crippen molar-refractivity contribution in [2.24, 2.45) is 5.92 Å². The van der Waals surface area contributed by atoms with Gasteiger partial charge in [0.15, 0.2) is 0 Å². The molecule has 1 heterocycles. The molecule has 2 atom stereocenters. The molecule has 1 aromatic rings. The van der Waals surface area contributed by atoms with E-state index in [9.17, 15) is 18.7 Å². The molecule has 1 aromatic carbocycles. The summed E-state index contributed by atoms with van der Waals surface area (Å²) in [6.45, 7) is 0.901. The summed E-state index contributed by atoms with van der Waals surface area (Å²) in [6.07, 6.45) is -0.630. The van der Waals surface area contributed by atoms with Gasteiger partial charge in [0, 0.05) is 36.1 Å². The van der Waals surface area contributed by atoms with Crippen LogP contribution in [0.5, 0.6) is 0 Å². The number of carbonyl (C=O) groups excluding carboxylic acids is 1. The Morgan fingerprint density at radius 3 is 2.85 bits per heavy atom. The van der Waals surface area contributed by atoms with Gasteiger partial charge in [-0.25, -0.2) is 0 Å². The minimum absolute atomic E-state index is 0.00313. The standard InChI is InChI=1S/C13H15ClF2N2O2/c14-10-3-1-2-9(4-10)13(15,16)12(20)18-6-8-5-17-7-11(8)19/h1-4,8,11,17,19H,5-7H2,(H,18,20). The lowest BCUT2D eigenvalue weighted by molar-refractivity contribution is -0.147. The zero-order valence-corrected chi connectivity index (χ0v) is 11.3. The first-order valence-electron chi connectivity index (χ1n) is 6.22. The maximum Gasteiger partial charge on any atom is 0.349 e. The number of hydrogen-bond donors (Lipinski definition) is 3. The summed E-state index contributed by atoms with van der Waals surface area (Å²) >= 11 is 5.65. The summed E-state index contributed by atoms with van der Waals surface area (Å²) in [4.78, 5) is 11.6. The van der Waals surface area contributed by atoms with E-state index in [2.05, 4.69) is 10.6 Å². The average molecular weight is 305 g/mol. The molecular weight excluding hydrogens is 290 g/mol. The number of amides is 1. The van der Waals surface area contributed by atoms with E-state index in [1.54, 1.807) is 0 Å². The fourth-order valence-electron chi connectivity index (χ4n) is 2.08. The predicted molar refractivity (Wildman–Crippen MR) is 70.7 cm³/mol. The second-order valence-corrected chi connectivity index (χ2v) is 5.22. The van der Waals surface area contributed by atoms with Crippen LogP contribution in [0.2, 0.25) is 5.02 Å². The number of alkyl halides is 2. The Morgan fingerprint density at radius 1 is 1.50 bits per heavy atom. The van der Waals surface area contributed by atoms with Gasteiger partial charge in [-0.3, -0.25) is 4.79 Å². The van der Waals surface area contributed by atoms with Crippen LogP contribution >= 0.6 is 11.6 Å². The molecule has 1 aliphatic rings. The molecule has 0 radical (unpaired) electrons. The molecule has 2 unspecified atom stereocenters. The first kappa shape index (κ1) is 15.2. The molecule has 0 bridgehead atoms. The highest BCUT2D eigenvalue weighted by Gasteiger charge is 2.41. The summed E-state index contributed by atoms with van der Waals surface area (Å²) in [5, 5.41) is 14.8. The molecule has 110 valence electrons. The predicted octanol–water partition coefficient (Wildman–Crippen LogP) is 1.13. The van der Waals surface area contributed by atoms with E-state index < -0.39 is 23.5 Å². The van der Waals surface area contributed by atoms with Gasteiger partial charge in [0.25, 0.3) is 5.91 Å². The number of hydrogen-bond acceptors (Lipinski definition) is 3. The number of aliphatic hydroxyl groups is 1. The zero-order valence-electron chi connectivity index (χ0n) is 10.6. The van der Waals surface area contributed by atoms with Crippen LogP contribution in [0.25, 0.3) is 0 Å². The van der Waals surface area contributed by atoms with Crippen molar-refractivity contribution in [1.29, 1.82) is 0 Å². The Hall–Kier alpha value is -1.24. The van der Waals surface area contributed by atoms with E-state index >= 15 is 0 Å². The molecule has 1 aliphatic heterocycles. The molecule has 0 spiro atoms. The highest BCUT2D eigenvalue weighted by molar-refractivity contribution is 6.30. The summed E-state index contributed by atoms with van der Waals surface area (Å²) in [5.74, 6) is -5.30. The SMILES string of the molecule is O=C(NCC1CNCC1O)C(F)(F)c1cccc(Cl)c1. The summed E-state index contributed by atoms with van der Waals surface area (Å²) in [5.41, 5.74) is -0.451. The Kier molecular flexibility index (Phi) is 4.57. The molecule has 3 N–H and O–H groups in total. The molecule has 1 amide bonds. The van der Waals surface area contributed by atoms with Gasteiger partial charge in [0.2, 0.25) is 0 Å². The van der Waals surface area contributed by atoms with E-state index in [-0.39, 0.29) is 17.5 Å². The van der Waals surface area contributed by atoms with Crippen LogP contribution in [0.4, 0.5) is 8.78 Å². The molecule has 4 nitrogen and oxygen atoms in total. The quantitative estimate of drug-likeness (QED) is 0.781. The van der Waals surface area contributed by atoms with Crippen molar-refractivity contribution in [3.63, 3.8) is 0 Å². The minimum atomic E-state index is -3.65. The van der Waals surface area contributed by atoms with Gasteiger partial charge in [0.05, 0.1) is 6.10 Å². The maximum atomic E-state index is 14.0. The summed E-state index contributed by atoms with van der Waals surface area (Å²) < 4.78 is 27.9. The number of halogens is 3. The van der Waals surface area contributed by atoms with Crippen molar-refractivity contribution >= 4 is 17.5 Å². The molecular formula is C13H15ClF2N2O2. The van der Waals surface area contributed by atoms with Gasteiger partial charge in [-0.1, -0.05) is 23.7 Å². The molecule has 2 rings (SSSR count). The van der Waals surface area contributed by atoms with Crippen LogP contribution in [-0.2, 0) is 10.7 Å². The van der Waals surface area contributed by atoms with Crippen molar-refractivity contribution in [2.75, 3.05) is 19.6 Å². The third-order valence-corrected chi connectivity index (χ3v) is 3.54. The number of aliphatic hydroxyl groups excluding tert-OH is 1. The van der Waals surface area contributed by atoms with Crippen LogP contribution in [0.1, 0.15) is 5.56 Å². The van der Waals surface area contributed by atoms with E-state index in [1.807, 2.05) is 0 Å². The average Bonchev–Trinajstić information content (AvgIpc) is 2.81. The lowest BCUT2D eigenvalue weighted by Crippen LogP contribution is -2.42. The van der Waals surface area contributed by atoms with Crippen molar-refractivity contribution in [3.8, 4) is 0 Å². The monoisotopic (exact) mass is 304 g/mol. The van der Waals surface area contributed by atoms with Gasteiger partial charge in [-0.15, -0.1) is 0 Å². The molecule has 0 saturated carbocycles. The fraction of sp³-hybridized carbons (Fsp3) is 0.462. The smallest absolute Gasteiger partial charge is 0.349 e. The number of nitrogens with one attached hydrogen (secondary N) is 2. The molecule has 1 saturated heterocycles. The number of carbonyl (C=O) groups is 1. The van der Waals surface area contributed by atoms with E-state index in [4.69, 9.17) is 11.6 Å². The van der Waals surface area contributed by atoms with Gasteiger partial charge in [-0.2, -0.15) is 8.78 Å². The molecule has 7 heteroatoms. The van der Waals surface area contributed by atoms with E-state index in [0.717, 1.165) is 12.1 Å². The zero-order chi connectivity index (χ0) is 14.8. The van der Waals surface area contributed by atoms with Gasteiger partial charge >= 0.3 is 5.92 Å². The van der Waals surface area contributed by atoms with Gasteiger partial charge in [0.1, 0.15) is 0 Å². The van der Waals surface area contributed by atoms with Crippen LogP contribution in [0.3, 0.4) is 0 Å². The van der Waals surface area contributed by atoms with E-state index in [0.29, 0.717) is 13.1 Å². The lowest BCUT2D eigenvalue weighted by Gasteiger charge is -2.19. The van der Waals surface area contributed by atoms with Crippen molar-refractivity contribution in [2.45, 2.75) is 12.0 Å². The third kappa shape index (κ3) is 3.26.